The Balaban J connectivity index is 1.58. The Labute approximate surface area is 160 Å². The minimum atomic E-state index is -1.05. The van der Waals surface area contributed by atoms with E-state index >= 15 is 0 Å². The Kier molecular flexibility index (Phi) is 5.97. The molecule has 28 heavy (non-hydrogen) atoms. The minimum absolute atomic E-state index is 0.0404. The molecule has 0 saturated carbocycles. The van der Waals surface area contributed by atoms with Crippen LogP contribution in [0.1, 0.15) is 17.4 Å². The van der Waals surface area contributed by atoms with Gasteiger partial charge in [-0.3, -0.25) is 4.79 Å². The number of ether oxygens (including phenoxy) is 1. The van der Waals surface area contributed by atoms with Gasteiger partial charge in [-0.25, -0.2) is 23.5 Å². The largest absolute Gasteiger partial charge is 0.450 e. The van der Waals surface area contributed by atoms with Crippen molar-refractivity contribution in [1.82, 2.24) is 14.9 Å². The average molecular weight is 391 g/mol. The molecule has 0 radical (unpaired) electrons. The molecule has 1 N–H and O–H groups in total. The third-order valence-corrected chi connectivity index (χ3v) is 4.18. The zero-order chi connectivity index (χ0) is 20.1. The molecule has 1 aromatic carbocycles. The van der Waals surface area contributed by atoms with Crippen molar-refractivity contribution in [2.45, 2.75) is 6.92 Å². The zero-order valence-corrected chi connectivity index (χ0v) is 15.2. The van der Waals surface area contributed by atoms with Crippen LogP contribution in [0.4, 0.5) is 25.1 Å². The van der Waals surface area contributed by atoms with Crippen LogP contribution in [0, 0.1) is 11.6 Å². The van der Waals surface area contributed by atoms with Gasteiger partial charge in [-0.15, -0.1) is 0 Å². The first-order chi connectivity index (χ1) is 13.5. The number of aromatic nitrogens is 2. The first-order valence-corrected chi connectivity index (χ1v) is 8.73. The molecule has 0 unspecified atom stereocenters. The van der Waals surface area contributed by atoms with E-state index in [1.54, 1.807) is 11.8 Å². The number of piperazine rings is 1. The van der Waals surface area contributed by atoms with Crippen molar-refractivity contribution < 1.29 is 23.1 Å². The third-order valence-electron chi connectivity index (χ3n) is 4.18. The third kappa shape index (κ3) is 4.51. The lowest BCUT2D eigenvalue weighted by Gasteiger charge is -2.34. The van der Waals surface area contributed by atoms with Crippen LogP contribution in [0.3, 0.4) is 0 Å². The van der Waals surface area contributed by atoms with Crippen LogP contribution in [-0.2, 0) is 4.74 Å². The van der Waals surface area contributed by atoms with Gasteiger partial charge in [0.05, 0.1) is 19.0 Å². The van der Waals surface area contributed by atoms with Crippen LogP contribution >= 0.6 is 0 Å². The van der Waals surface area contributed by atoms with Gasteiger partial charge in [-0.05, 0) is 19.1 Å². The molecule has 2 aromatic rings. The maximum Gasteiger partial charge on any atom is 0.409 e. The number of anilines is 2. The highest BCUT2D eigenvalue weighted by molar-refractivity contribution is 6.02. The number of amides is 2. The monoisotopic (exact) mass is 391 g/mol. The Bertz CT molecular complexity index is 855. The van der Waals surface area contributed by atoms with Crippen molar-refractivity contribution in [3.8, 4) is 0 Å². The molecule has 8 nitrogen and oxygen atoms in total. The molecule has 0 bridgehead atoms. The highest BCUT2D eigenvalue weighted by Gasteiger charge is 2.23. The van der Waals surface area contributed by atoms with Crippen LogP contribution in [0.2, 0.25) is 0 Å². The van der Waals surface area contributed by atoms with Gasteiger partial charge in [-0.2, -0.15) is 0 Å². The summed E-state index contributed by atoms with van der Waals surface area (Å²) in [6, 6.07) is 3.06. The van der Waals surface area contributed by atoms with Crippen LogP contribution in [-0.4, -0.2) is 59.7 Å². The van der Waals surface area contributed by atoms with Gasteiger partial charge < -0.3 is 19.9 Å². The summed E-state index contributed by atoms with van der Waals surface area (Å²) in [5.74, 6) is -2.06. The first kappa shape index (κ1) is 19.5. The molecule has 148 valence electrons. The fourth-order valence-corrected chi connectivity index (χ4v) is 2.70. The number of nitrogens with zero attached hydrogens (tertiary/aromatic N) is 4. The van der Waals surface area contributed by atoms with Gasteiger partial charge in [0.2, 0.25) is 0 Å². The number of rotatable bonds is 4. The molecule has 3 rings (SSSR count). The van der Waals surface area contributed by atoms with E-state index in [1.165, 1.54) is 18.5 Å². The van der Waals surface area contributed by atoms with Gasteiger partial charge >= 0.3 is 6.09 Å². The molecule has 2 amide bonds. The summed E-state index contributed by atoms with van der Waals surface area (Å²) in [7, 11) is 0. The second kappa shape index (κ2) is 8.59. The molecule has 1 aliphatic rings. The molecular weight excluding hydrogens is 372 g/mol. The minimum Gasteiger partial charge on any atom is -0.450 e. The van der Waals surface area contributed by atoms with Crippen molar-refractivity contribution >= 4 is 23.5 Å². The highest BCUT2D eigenvalue weighted by Crippen LogP contribution is 2.16. The number of hydrogen-bond donors (Lipinski definition) is 1. The predicted octanol–water partition coefficient (Wildman–Crippen LogP) is 2.29. The first-order valence-electron chi connectivity index (χ1n) is 8.73. The zero-order valence-electron chi connectivity index (χ0n) is 15.2. The maximum atomic E-state index is 13.2. The topological polar surface area (TPSA) is 87.7 Å². The van der Waals surface area contributed by atoms with Crippen molar-refractivity contribution in [2.75, 3.05) is 43.0 Å². The van der Waals surface area contributed by atoms with E-state index in [0.29, 0.717) is 38.6 Å². The number of carbonyl (C=O) groups excluding carboxylic acids is 2. The van der Waals surface area contributed by atoms with E-state index in [4.69, 9.17) is 4.74 Å². The van der Waals surface area contributed by atoms with Crippen molar-refractivity contribution in [1.29, 1.82) is 0 Å². The summed E-state index contributed by atoms with van der Waals surface area (Å²) in [6.45, 7) is 4.21. The van der Waals surface area contributed by atoms with E-state index in [9.17, 15) is 18.4 Å². The van der Waals surface area contributed by atoms with E-state index in [0.717, 1.165) is 12.1 Å². The fraction of sp³-hybridized carbons (Fsp3) is 0.333. The Hall–Kier alpha value is -3.30. The molecule has 1 fully saturated rings. The van der Waals surface area contributed by atoms with Crippen LogP contribution in [0.15, 0.2) is 30.6 Å². The molecule has 1 aliphatic heterocycles. The number of halogens is 2. The summed E-state index contributed by atoms with van der Waals surface area (Å²) < 4.78 is 31.1. The number of carbonyl (C=O) groups is 2. The Morgan fingerprint density at radius 3 is 2.46 bits per heavy atom. The molecule has 2 heterocycles. The maximum absolute atomic E-state index is 13.2. The summed E-state index contributed by atoms with van der Waals surface area (Å²) in [5, 5.41) is 2.44. The predicted molar refractivity (Wildman–Crippen MR) is 97.2 cm³/mol. The second-order valence-electron chi connectivity index (χ2n) is 6.02. The molecule has 0 atom stereocenters. The highest BCUT2D eigenvalue weighted by atomic mass is 19.2. The standard InChI is InChI=1S/C18H19F2N5O3/c1-2-28-18(27)25-7-5-24(6-8-25)16-11-21-15(10-22-16)17(26)23-12-3-4-13(19)14(20)9-12/h3-4,9-11H,2,5-8H2,1H3,(H,23,26). The van der Waals surface area contributed by atoms with E-state index in [1.807, 2.05) is 4.90 Å². The molecule has 0 spiro atoms. The van der Waals surface area contributed by atoms with E-state index in [-0.39, 0.29) is 17.5 Å². The smallest absolute Gasteiger partial charge is 0.409 e. The summed E-state index contributed by atoms with van der Waals surface area (Å²) in [6.07, 6.45) is 2.43. The van der Waals surface area contributed by atoms with Crippen molar-refractivity contribution in [2.24, 2.45) is 0 Å². The summed E-state index contributed by atoms with van der Waals surface area (Å²) in [4.78, 5) is 35.8. The fourth-order valence-electron chi connectivity index (χ4n) is 2.70. The second-order valence-corrected chi connectivity index (χ2v) is 6.02. The van der Waals surface area contributed by atoms with Gasteiger partial charge in [0.15, 0.2) is 11.6 Å². The quantitative estimate of drug-likeness (QED) is 0.861. The van der Waals surface area contributed by atoms with Crippen LogP contribution < -0.4 is 10.2 Å². The lowest BCUT2D eigenvalue weighted by Crippen LogP contribution is -2.49. The van der Waals surface area contributed by atoms with Crippen LogP contribution in [0.25, 0.3) is 0 Å². The lowest BCUT2D eigenvalue weighted by molar-refractivity contribution is 0.101. The Morgan fingerprint density at radius 1 is 1.11 bits per heavy atom. The molecule has 1 aromatic heterocycles. The van der Waals surface area contributed by atoms with Crippen molar-refractivity contribution in [3.63, 3.8) is 0 Å². The van der Waals surface area contributed by atoms with Gasteiger partial charge in [0, 0.05) is 37.9 Å². The number of benzene rings is 1. The molecule has 10 heteroatoms. The molecular formula is C18H19F2N5O3. The average Bonchev–Trinajstić information content (AvgIpc) is 2.71. The number of hydrogen-bond acceptors (Lipinski definition) is 6. The van der Waals surface area contributed by atoms with Crippen molar-refractivity contribution in [3.05, 3.63) is 47.9 Å². The summed E-state index contributed by atoms with van der Waals surface area (Å²) in [5.41, 5.74) is 0.156. The lowest BCUT2D eigenvalue weighted by atomic mass is 10.3. The van der Waals surface area contributed by atoms with E-state index < -0.39 is 17.5 Å². The van der Waals surface area contributed by atoms with Gasteiger partial charge in [-0.1, -0.05) is 0 Å². The van der Waals surface area contributed by atoms with E-state index in [2.05, 4.69) is 15.3 Å². The summed E-state index contributed by atoms with van der Waals surface area (Å²) >= 11 is 0. The Morgan fingerprint density at radius 2 is 1.86 bits per heavy atom. The van der Waals surface area contributed by atoms with Crippen LogP contribution in [0.5, 0.6) is 0 Å². The number of nitrogens with one attached hydrogen (secondary N) is 1. The molecule has 0 aliphatic carbocycles. The SMILES string of the molecule is CCOC(=O)N1CCN(c2cnc(C(=O)Nc3ccc(F)c(F)c3)cn2)CC1. The molecule has 1 saturated heterocycles. The van der Waals surface area contributed by atoms with Gasteiger partial charge in [0.1, 0.15) is 11.5 Å². The van der Waals surface area contributed by atoms with Gasteiger partial charge in [0.25, 0.3) is 5.91 Å². The normalized spacial score (nSPS) is 14.0.